The SMILES string of the molecule is O=C1N[C@@H](COCc2ccccc2)C(=O)N2CCN(C(=O)c3ccccc3)C[C@H]12. The topological polar surface area (TPSA) is 79.0 Å². The Labute approximate surface area is 169 Å². The molecule has 3 amide bonds. The smallest absolute Gasteiger partial charge is 0.253 e. The Kier molecular flexibility index (Phi) is 5.57. The molecule has 0 radical (unpaired) electrons. The molecule has 0 aliphatic carbocycles. The van der Waals surface area contributed by atoms with Gasteiger partial charge in [-0.1, -0.05) is 48.5 Å². The van der Waals surface area contributed by atoms with Gasteiger partial charge in [-0.3, -0.25) is 14.4 Å². The first-order valence-corrected chi connectivity index (χ1v) is 9.70. The molecule has 29 heavy (non-hydrogen) atoms. The number of hydrogen-bond donors (Lipinski definition) is 1. The first-order chi connectivity index (χ1) is 14.1. The second-order valence-corrected chi connectivity index (χ2v) is 7.23. The van der Waals surface area contributed by atoms with E-state index in [1.807, 2.05) is 36.4 Å². The third kappa shape index (κ3) is 4.14. The van der Waals surface area contributed by atoms with Crippen molar-refractivity contribution in [3.05, 3.63) is 71.8 Å². The zero-order valence-corrected chi connectivity index (χ0v) is 16.0. The Bertz CT molecular complexity index is 887. The van der Waals surface area contributed by atoms with Crippen LogP contribution in [0.2, 0.25) is 0 Å². The van der Waals surface area contributed by atoms with E-state index >= 15 is 0 Å². The molecule has 7 heteroatoms. The molecule has 150 valence electrons. The number of carbonyl (C=O) groups is 3. The van der Waals surface area contributed by atoms with Crippen molar-refractivity contribution in [3.8, 4) is 0 Å². The predicted molar refractivity (Wildman–Crippen MR) is 106 cm³/mol. The standard InChI is InChI=1S/C22H23N3O4/c26-20-19-13-24(21(27)17-9-5-2-6-10-17)11-12-25(19)22(28)18(23-20)15-29-14-16-7-3-1-4-8-16/h1-10,18-19H,11-15H2,(H,23,26)/t18-,19+/m0/s1. The number of benzene rings is 2. The minimum Gasteiger partial charge on any atom is -0.374 e. The number of ether oxygens (including phenoxy) is 1. The molecule has 0 bridgehead atoms. The molecule has 2 aromatic rings. The van der Waals surface area contributed by atoms with Crippen LogP contribution >= 0.6 is 0 Å². The first-order valence-electron chi connectivity index (χ1n) is 9.70. The molecule has 2 aliphatic rings. The molecule has 0 aromatic heterocycles. The van der Waals surface area contributed by atoms with Crippen molar-refractivity contribution in [1.82, 2.24) is 15.1 Å². The minimum absolute atomic E-state index is 0.120. The average molecular weight is 393 g/mol. The van der Waals surface area contributed by atoms with Crippen LogP contribution in [-0.4, -0.2) is 65.8 Å². The summed E-state index contributed by atoms with van der Waals surface area (Å²) in [7, 11) is 0. The van der Waals surface area contributed by atoms with Gasteiger partial charge in [-0.15, -0.1) is 0 Å². The maximum atomic E-state index is 12.8. The lowest BCUT2D eigenvalue weighted by Crippen LogP contribution is -2.70. The summed E-state index contributed by atoms with van der Waals surface area (Å²) < 4.78 is 5.65. The van der Waals surface area contributed by atoms with Crippen molar-refractivity contribution in [2.45, 2.75) is 18.7 Å². The van der Waals surface area contributed by atoms with Crippen LogP contribution in [-0.2, 0) is 20.9 Å². The van der Waals surface area contributed by atoms with Gasteiger partial charge in [0.05, 0.1) is 19.8 Å². The molecule has 2 aromatic carbocycles. The van der Waals surface area contributed by atoms with Crippen LogP contribution in [0.4, 0.5) is 0 Å². The molecule has 2 atom stereocenters. The second-order valence-electron chi connectivity index (χ2n) is 7.23. The Balaban J connectivity index is 1.35. The van der Waals surface area contributed by atoms with Gasteiger partial charge >= 0.3 is 0 Å². The number of nitrogens with zero attached hydrogens (tertiary/aromatic N) is 2. The highest BCUT2D eigenvalue weighted by atomic mass is 16.5. The maximum Gasteiger partial charge on any atom is 0.253 e. The highest BCUT2D eigenvalue weighted by Gasteiger charge is 2.44. The average Bonchev–Trinajstić information content (AvgIpc) is 2.77. The van der Waals surface area contributed by atoms with Crippen LogP contribution < -0.4 is 5.32 Å². The monoisotopic (exact) mass is 393 g/mol. The van der Waals surface area contributed by atoms with Crippen LogP contribution in [0.1, 0.15) is 15.9 Å². The fourth-order valence-electron chi connectivity index (χ4n) is 3.73. The Morgan fingerprint density at radius 3 is 2.41 bits per heavy atom. The summed E-state index contributed by atoms with van der Waals surface area (Å²) in [5.41, 5.74) is 1.59. The summed E-state index contributed by atoms with van der Waals surface area (Å²) >= 11 is 0. The van der Waals surface area contributed by atoms with E-state index in [0.717, 1.165) is 5.56 Å². The Morgan fingerprint density at radius 2 is 1.69 bits per heavy atom. The van der Waals surface area contributed by atoms with Gasteiger partial charge in [0.15, 0.2) is 0 Å². The zero-order chi connectivity index (χ0) is 20.2. The van der Waals surface area contributed by atoms with Gasteiger partial charge < -0.3 is 19.9 Å². The fraction of sp³-hybridized carbons (Fsp3) is 0.318. The molecule has 2 saturated heterocycles. The molecule has 2 aliphatic heterocycles. The molecule has 0 saturated carbocycles. The summed E-state index contributed by atoms with van der Waals surface area (Å²) in [4.78, 5) is 41.3. The fourth-order valence-corrected chi connectivity index (χ4v) is 3.73. The van der Waals surface area contributed by atoms with Gasteiger partial charge in [-0.2, -0.15) is 0 Å². The van der Waals surface area contributed by atoms with E-state index in [2.05, 4.69) is 5.32 Å². The summed E-state index contributed by atoms with van der Waals surface area (Å²) in [6.45, 7) is 1.44. The number of fused-ring (bicyclic) bond motifs is 1. The molecular formula is C22H23N3O4. The predicted octanol–water partition coefficient (Wildman–Crippen LogP) is 1.05. The lowest BCUT2D eigenvalue weighted by Gasteiger charge is -2.45. The van der Waals surface area contributed by atoms with Gasteiger partial charge in [0, 0.05) is 18.7 Å². The van der Waals surface area contributed by atoms with Crippen molar-refractivity contribution in [2.75, 3.05) is 26.2 Å². The molecule has 0 spiro atoms. The van der Waals surface area contributed by atoms with Crippen molar-refractivity contribution in [1.29, 1.82) is 0 Å². The highest BCUT2D eigenvalue weighted by molar-refractivity contribution is 5.99. The summed E-state index contributed by atoms with van der Waals surface area (Å²) in [6, 6.07) is 17.3. The lowest BCUT2D eigenvalue weighted by atomic mass is 10.0. The van der Waals surface area contributed by atoms with Crippen LogP contribution in [0.25, 0.3) is 0 Å². The van der Waals surface area contributed by atoms with E-state index in [9.17, 15) is 14.4 Å². The molecule has 7 nitrogen and oxygen atoms in total. The van der Waals surface area contributed by atoms with E-state index in [0.29, 0.717) is 25.3 Å². The number of piperazine rings is 2. The largest absolute Gasteiger partial charge is 0.374 e. The minimum atomic E-state index is -0.696. The van der Waals surface area contributed by atoms with Crippen LogP contribution in [0, 0.1) is 0 Å². The third-order valence-corrected chi connectivity index (χ3v) is 5.28. The van der Waals surface area contributed by atoms with Gasteiger partial charge in [-0.25, -0.2) is 0 Å². The first kappa shape index (κ1) is 19.1. The normalized spacial score (nSPS) is 21.5. The van der Waals surface area contributed by atoms with Crippen molar-refractivity contribution in [2.24, 2.45) is 0 Å². The molecule has 0 unspecified atom stereocenters. The number of amides is 3. The van der Waals surface area contributed by atoms with E-state index in [1.165, 1.54) is 0 Å². The molecule has 2 heterocycles. The second kappa shape index (κ2) is 8.45. The van der Waals surface area contributed by atoms with E-state index in [4.69, 9.17) is 4.74 Å². The number of nitrogens with one attached hydrogen (secondary N) is 1. The molecule has 4 rings (SSSR count). The zero-order valence-electron chi connectivity index (χ0n) is 16.0. The highest BCUT2D eigenvalue weighted by Crippen LogP contribution is 2.18. The summed E-state index contributed by atoms with van der Waals surface area (Å²) in [6.07, 6.45) is 0. The van der Waals surface area contributed by atoms with Gasteiger partial charge in [0.25, 0.3) is 5.91 Å². The maximum absolute atomic E-state index is 12.8. The molecule has 1 N–H and O–H groups in total. The molecule has 2 fully saturated rings. The molecular weight excluding hydrogens is 370 g/mol. The van der Waals surface area contributed by atoms with Crippen LogP contribution in [0.3, 0.4) is 0 Å². The van der Waals surface area contributed by atoms with Gasteiger partial charge in [-0.05, 0) is 17.7 Å². The van der Waals surface area contributed by atoms with E-state index < -0.39 is 12.1 Å². The van der Waals surface area contributed by atoms with E-state index in [1.54, 1.807) is 34.1 Å². The van der Waals surface area contributed by atoms with Crippen LogP contribution in [0.15, 0.2) is 60.7 Å². The lowest BCUT2D eigenvalue weighted by molar-refractivity contribution is -0.154. The quantitative estimate of drug-likeness (QED) is 0.824. The van der Waals surface area contributed by atoms with E-state index in [-0.39, 0.29) is 30.9 Å². The number of carbonyl (C=O) groups excluding carboxylic acids is 3. The van der Waals surface area contributed by atoms with Crippen molar-refractivity contribution < 1.29 is 19.1 Å². The summed E-state index contributed by atoms with van der Waals surface area (Å²) in [5, 5.41) is 2.76. The summed E-state index contributed by atoms with van der Waals surface area (Å²) in [5.74, 6) is -0.531. The number of rotatable bonds is 5. The van der Waals surface area contributed by atoms with Gasteiger partial charge in [0.2, 0.25) is 11.8 Å². The number of hydrogen-bond acceptors (Lipinski definition) is 4. The third-order valence-electron chi connectivity index (χ3n) is 5.28. The van der Waals surface area contributed by atoms with Crippen LogP contribution in [0.5, 0.6) is 0 Å². The van der Waals surface area contributed by atoms with Gasteiger partial charge in [0.1, 0.15) is 12.1 Å². The van der Waals surface area contributed by atoms with Crippen molar-refractivity contribution >= 4 is 17.7 Å². The van der Waals surface area contributed by atoms with Crippen molar-refractivity contribution in [3.63, 3.8) is 0 Å². The Hall–Kier alpha value is -3.19. The Morgan fingerprint density at radius 1 is 1.00 bits per heavy atom.